The number of thioether (sulfide) groups is 1. The van der Waals surface area contributed by atoms with Crippen molar-refractivity contribution in [1.29, 1.82) is 0 Å². The number of hydrogen-bond acceptors (Lipinski definition) is 8. The molecule has 0 amide bonds. The predicted octanol–water partition coefficient (Wildman–Crippen LogP) is 5.30. The average Bonchev–Trinajstić information content (AvgIpc) is 3.49. The van der Waals surface area contributed by atoms with Gasteiger partial charge in [-0.2, -0.15) is 0 Å². The lowest BCUT2D eigenvalue weighted by atomic mass is 10.2. The summed E-state index contributed by atoms with van der Waals surface area (Å²) in [7, 11) is 2.02. The highest BCUT2D eigenvalue weighted by atomic mass is 32.2. The smallest absolute Gasteiger partial charge is 0.231 e. The molecule has 0 N–H and O–H groups in total. The van der Waals surface area contributed by atoms with Gasteiger partial charge in [-0.25, -0.2) is 4.98 Å². The molecule has 148 valence electrons. The van der Waals surface area contributed by atoms with Gasteiger partial charge < -0.3 is 14.0 Å². The van der Waals surface area contributed by atoms with Crippen LogP contribution in [0.3, 0.4) is 0 Å². The van der Waals surface area contributed by atoms with Crippen molar-refractivity contribution in [3.63, 3.8) is 0 Å². The van der Waals surface area contributed by atoms with Gasteiger partial charge in [0.25, 0.3) is 0 Å². The van der Waals surface area contributed by atoms with E-state index in [1.54, 1.807) is 34.4 Å². The second kappa shape index (κ2) is 7.47. The highest BCUT2D eigenvalue weighted by Crippen LogP contribution is 2.37. The molecule has 1 aliphatic rings. The molecule has 0 spiro atoms. The highest BCUT2D eigenvalue weighted by Gasteiger charge is 2.17. The Kier molecular flexibility index (Phi) is 4.81. The van der Waals surface area contributed by atoms with E-state index < -0.39 is 0 Å². The number of thiazole rings is 1. The molecule has 0 aliphatic carbocycles. The van der Waals surface area contributed by atoms with Gasteiger partial charge in [-0.05, 0) is 37.6 Å². The molecule has 4 heterocycles. The monoisotopic (exact) mass is 442 g/mol. The molecule has 1 aliphatic heterocycles. The number of ether oxygens (including phenoxy) is 2. The molecule has 0 bridgehead atoms. The van der Waals surface area contributed by atoms with E-state index in [-0.39, 0.29) is 6.79 Å². The summed E-state index contributed by atoms with van der Waals surface area (Å²) in [4.78, 5) is 6.09. The van der Waals surface area contributed by atoms with E-state index in [2.05, 4.69) is 39.4 Å². The first-order chi connectivity index (χ1) is 14.1. The third-order valence-corrected chi connectivity index (χ3v) is 7.89. The molecule has 0 radical (unpaired) electrons. The number of fused-ring (bicyclic) bond motifs is 1. The largest absolute Gasteiger partial charge is 0.454 e. The zero-order valence-corrected chi connectivity index (χ0v) is 18.6. The Labute approximate surface area is 180 Å². The molecule has 5 rings (SSSR count). The van der Waals surface area contributed by atoms with Crippen LogP contribution in [0.2, 0.25) is 0 Å². The zero-order valence-electron chi connectivity index (χ0n) is 16.1. The fraction of sp³-hybridized carbons (Fsp3) is 0.250. The van der Waals surface area contributed by atoms with Crippen LogP contribution in [-0.4, -0.2) is 26.5 Å². The first kappa shape index (κ1) is 18.7. The van der Waals surface area contributed by atoms with Crippen LogP contribution < -0.4 is 9.47 Å². The molecule has 3 aromatic heterocycles. The molecule has 0 unspecified atom stereocenters. The maximum absolute atomic E-state index is 5.47. The van der Waals surface area contributed by atoms with Crippen molar-refractivity contribution in [1.82, 2.24) is 19.7 Å². The Morgan fingerprint density at radius 3 is 2.79 bits per heavy atom. The van der Waals surface area contributed by atoms with Gasteiger partial charge in [0.2, 0.25) is 6.79 Å². The molecular weight excluding hydrogens is 424 g/mol. The normalized spacial score (nSPS) is 12.7. The number of thiophene rings is 1. The summed E-state index contributed by atoms with van der Waals surface area (Å²) in [5.41, 5.74) is 4.50. The Balaban J connectivity index is 1.31. The van der Waals surface area contributed by atoms with E-state index >= 15 is 0 Å². The van der Waals surface area contributed by atoms with E-state index in [9.17, 15) is 0 Å². The molecule has 29 heavy (non-hydrogen) atoms. The van der Waals surface area contributed by atoms with Gasteiger partial charge in [0.1, 0.15) is 5.01 Å². The molecule has 9 heteroatoms. The van der Waals surface area contributed by atoms with Gasteiger partial charge in [-0.1, -0.05) is 11.8 Å². The molecule has 0 atom stereocenters. The lowest BCUT2D eigenvalue weighted by Gasteiger charge is -2.03. The van der Waals surface area contributed by atoms with Gasteiger partial charge in [-0.3, -0.25) is 0 Å². The minimum Gasteiger partial charge on any atom is -0.454 e. The number of aromatic nitrogens is 4. The lowest BCUT2D eigenvalue weighted by molar-refractivity contribution is 0.174. The lowest BCUT2D eigenvalue weighted by Crippen LogP contribution is -1.95. The van der Waals surface area contributed by atoms with Crippen molar-refractivity contribution in [2.45, 2.75) is 24.8 Å². The molecule has 0 fully saturated rings. The van der Waals surface area contributed by atoms with Gasteiger partial charge in [0, 0.05) is 39.6 Å². The second-order valence-electron chi connectivity index (χ2n) is 6.70. The second-order valence-corrected chi connectivity index (χ2v) is 9.58. The van der Waals surface area contributed by atoms with Gasteiger partial charge >= 0.3 is 0 Å². The van der Waals surface area contributed by atoms with Crippen LogP contribution in [0.4, 0.5) is 0 Å². The van der Waals surface area contributed by atoms with Crippen molar-refractivity contribution in [3.05, 3.63) is 45.1 Å². The summed E-state index contributed by atoms with van der Waals surface area (Å²) in [6.07, 6.45) is 0. The van der Waals surface area contributed by atoms with Crippen molar-refractivity contribution >= 4 is 34.4 Å². The van der Waals surface area contributed by atoms with E-state index in [4.69, 9.17) is 14.5 Å². The van der Waals surface area contributed by atoms with E-state index in [1.807, 2.05) is 25.2 Å². The minimum atomic E-state index is 0.280. The molecule has 0 saturated heterocycles. The minimum absolute atomic E-state index is 0.280. The van der Waals surface area contributed by atoms with E-state index in [0.29, 0.717) is 0 Å². The summed E-state index contributed by atoms with van der Waals surface area (Å²) in [6, 6.07) is 5.93. The Morgan fingerprint density at radius 1 is 1.10 bits per heavy atom. The standard InChI is InChI=1S/C20H18N4O2S3/c1-11-12(2)27-9-15(11)18-22-23-20(24(18)3)29-8-14-7-28-19(21-14)13-4-5-16-17(6-13)26-10-25-16/h4-7,9H,8,10H2,1-3H3. The number of hydrogen-bond donors (Lipinski definition) is 0. The molecule has 0 saturated carbocycles. The summed E-state index contributed by atoms with van der Waals surface area (Å²) in [6.45, 7) is 4.55. The SMILES string of the molecule is Cc1scc(-c2nnc(SCc3csc(-c4ccc5c(c4)OCO5)n3)n2C)c1C. The van der Waals surface area contributed by atoms with Crippen molar-refractivity contribution in [2.75, 3.05) is 6.79 Å². The molecule has 4 aromatic rings. The third kappa shape index (κ3) is 3.43. The van der Waals surface area contributed by atoms with Crippen LogP contribution >= 0.6 is 34.4 Å². The van der Waals surface area contributed by atoms with Crippen LogP contribution in [0, 0.1) is 13.8 Å². The molecule has 1 aromatic carbocycles. The van der Waals surface area contributed by atoms with Crippen molar-refractivity contribution in [3.8, 4) is 33.5 Å². The van der Waals surface area contributed by atoms with E-state index in [1.165, 1.54) is 10.4 Å². The number of rotatable bonds is 5. The fourth-order valence-electron chi connectivity index (χ4n) is 3.08. The first-order valence-electron chi connectivity index (χ1n) is 9.02. The fourth-order valence-corrected chi connectivity index (χ4v) is 5.67. The van der Waals surface area contributed by atoms with E-state index in [0.717, 1.165) is 50.1 Å². The van der Waals surface area contributed by atoms with Crippen molar-refractivity contribution in [2.24, 2.45) is 7.05 Å². The number of benzene rings is 1. The first-order valence-corrected chi connectivity index (χ1v) is 11.8. The summed E-state index contributed by atoms with van der Waals surface area (Å²) in [5, 5.41) is 14.9. The summed E-state index contributed by atoms with van der Waals surface area (Å²) < 4.78 is 12.9. The highest BCUT2D eigenvalue weighted by molar-refractivity contribution is 7.98. The summed E-state index contributed by atoms with van der Waals surface area (Å²) in [5.74, 6) is 3.22. The number of nitrogens with zero attached hydrogens (tertiary/aromatic N) is 4. The van der Waals surface area contributed by atoms with Crippen LogP contribution in [0.1, 0.15) is 16.1 Å². The Hall–Kier alpha value is -2.36. The Morgan fingerprint density at radius 2 is 1.97 bits per heavy atom. The van der Waals surface area contributed by atoms with Gasteiger partial charge in [0.05, 0.1) is 5.69 Å². The zero-order chi connectivity index (χ0) is 20.0. The topological polar surface area (TPSA) is 62.1 Å². The van der Waals surface area contributed by atoms with Gasteiger partial charge in [-0.15, -0.1) is 32.9 Å². The van der Waals surface area contributed by atoms with Crippen LogP contribution in [0.25, 0.3) is 22.0 Å². The number of aryl methyl sites for hydroxylation is 1. The van der Waals surface area contributed by atoms with Crippen LogP contribution in [-0.2, 0) is 12.8 Å². The summed E-state index contributed by atoms with van der Waals surface area (Å²) >= 11 is 5.03. The molecule has 6 nitrogen and oxygen atoms in total. The molecular formula is C20H18N4O2S3. The van der Waals surface area contributed by atoms with Crippen LogP contribution in [0.15, 0.2) is 34.1 Å². The van der Waals surface area contributed by atoms with Gasteiger partial charge in [0.15, 0.2) is 22.5 Å². The third-order valence-electron chi connectivity index (χ3n) is 4.88. The van der Waals surface area contributed by atoms with Crippen molar-refractivity contribution < 1.29 is 9.47 Å². The Bertz CT molecular complexity index is 1190. The average molecular weight is 443 g/mol. The maximum atomic E-state index is 5.47. The quantitative estimate of drug-likeness (QED) is 0.391. The maximum Gasteiger partial charge on any atom is 0.231 e. The predicted molar refractivity (Wildman–Crippen MR) is 117 cm³/mol. The van der Waals surface area contributed by atoms with Crippen LogP contribution in [0.5, 0.6) is 11.5 Å².